The van der Waals surface area contributed by atoms with Crippen LogP contribution in [0.1, 0.15) is 72.1 Å². The van der Waals surface area contributed by atoms with Gasteiger partial charge < -0.3 is 18.9 Å². The van der Waals surface area contributed by atoms with E-state index in [4.69, 9.17) is 14.0 Å². The highest BCUT2D eigenvalue weighted by Crippen LogP contribution is 2.38. The van der Waals surface area contributed by atoms with Crippen molar-refractivity contribution in [1.29, 1.82) is 0 Å². The maximum absolute atomic E-state index is 12.4. The van der Waals surface area contributed by atoms with Crippen LogP contribution in [-0.4, -0.2) is 42.0 Å². The van der Waals surface area contributed by atoms with Gasteiger partial charge >= 0.3 is 13.2 Å². The molecule has 0 radical (unpaired) electrons. The summed E-state index contributed by atoms with van der Waals surface area (Å²) in [5.41, 5.74) is 2.28. The summed E-state index contributed by atoms with van der Waals surface area (Å²) >= 11 is 0. The molecule has 0 spiro atoms. The number of carbonyl (C=O) groups is 1. The summed E-state index contributed by atoms with van der Waals surface area (Å²) in [5.74, 6) is 0. The van der Waals surface area contributed by atoms with Crippen molar-refractivity contribution < 1.29 is 18.8 Å². The summed E-state index contributed by atoms with van der Waals surface area (Å²) in [7, 11) is 1.46. The Bertz CT molecular complexity index is 722. The molecular formula is C21H32BNO4. The molecule has 0 N–H and O–H groups in total. The van der Waals surface area contributed by atoms with E-state index in [1.54, 1.807) is 4.90 Å². The number of fused-ring (bicyclic) bond motifs is 1. The topological polar surface area (TPSA) is 48.0 Å². The van der Waals surface area contributed by atoms with Gasteiger partial charge in [-0.05, 0) is 77.9 Å². The number of hydrogen-bond acceptors (Lipinski definition) is 4. The minimum atomic E-state index is -0.493. The highest BCUT2D eigenvalue weighted by Gasteiger charge is 2.51. The third-order valence-corrected chi connectivity index (χ3v) is 5.89. The summed E-state index contributed by atoms with van der Waals surface area (Å²) < 4.78 is 17.9. The van der Waals surface area contributed by atoms with Crippen molar-refractivity contribution in [2.75, 3.05) is 7.05 Å². The van der Waals surface area contributed by atoms with Gasteiger partial charge in [0, 0.05) is 7.05 Å². The van der Waals surface area contributed by atoms with Crippen LogP contribution in [0.2, 0.25) is 0 Å². The van der Waals surface area contributed by atoms with Crippen LogP contribution in [0, 0.1) is 0 Å². The van der Waals surface area contributed by atoms with Crippen molar-refractivity contribution >= 4 is 18.7 Å². The molecule has 1 amide bonds. The molecule has 6 heteroatoms. The Labute approximate surface area is 163 Å². The van der Waals surface area contributed by atoms with Crippen LogP contribution in [0.5, 0.6) is 0 Å². The molecule has 3 rings (SSSR count). The average molecular weight is 373 g/mol. The van der Waals surface area contributed by atoms with Crippen molar-refractivity contribution in [1.82, 2.24) is 4.90 Å². The zero-order valence-electron chi connectivity index (χ0n) is 17.9. The Morgan fingerprint density at radius 2 is 1.78 bits per heavy atom. The van der Waals surface area contributed by atoms with Crippen LogP contribution in [0.25, 0.3) is 0 Å². The summed E-state index contributed by atoms with van der Waals surface area (Å²) in [4.78, 5) is 14.2. The summed E-state index contributed by atoms with van der Waals surface area (Å²) in [5, 5.41) is 0. The predicted octanol–water partition coefficient (Wildman–Crippen LogP) is 3.84. The van der Waals surface area contributed by atoms with Crippen molar-refractivity contribution in [3.63, 3.8) is 0 Å². The van der Waals surface area contributed by atoms with Crippen molar-refractivity contribution in [3.8, 4) is 0 Å². The number of hydrogen-bond donors (Lipinski definition) is 0. The first kappa shape index (κ1) is 20.2. The van der Waals surface area contributed by atoms with E-state index in [1.807, 2.05) is 27.8 Å². The quantitative estimate of drug-likeness (QED) is 0.739. The molecule has 1 aromatic rings. The molecule has 0 saturated carbocycles. The van der Waals surface area contributed by atoms with Gasteiger partial charge in [0.15, 0.2) is 0 Å². The number of carbonyl (C=O) groups excluding carboxylic acids is 1. The maximum atomic E-state index is 12.4. The van der Waals surface area contributed by atoms with Crippen LogP contribution in [0.15, 0.2) is 18.2 Å². The van der Waals surface area contributed by atoms with Gasteiger partial charge in [0.1, 0.15) is 5.60 Å². The standard InChI is InChI=1S/C21H32BNO4/c1-19(2,3)25-18(24)23(8)17-12-9-14-13-15(10-11-16(14)17)22-26-20(4,5)21(6,7)27-22/h10-11,13,17H,9,12H2,1-8H3. The lowest BCUT2D eigenvalue weighted by atomic mass is 9.78. The molecule has 1 atom stereocenters. The van der Waals surface area contributed by atoms with E-state index in [1.165, 1.54) is 11.1 Å². The molecule has 5 nitrogen and oxygen atoms in total. The normalized spacial score (nSPS) is 23.3. The van der Waals surface area contributed by atoms with Gasteiger partial charge in [0.05, 0.1) is 17.2 Å². The first-order valence-corrected chi connectivity index (χ1v) is 9.75. The highest BCUT2D eigenvalue weighted by atomic mass is 16.7. The molecule has 0 bridgehead atoms. The van der Waals surface area contributed by atoms with E-state index >= 15 is 0 Å². The Kier molecular flexibility index (Phi) is 4.88. The summed E-state index contributed by atoms with van der Waals surface area (Å²) in [6, 6.07) is 6.37. The molecule has 1 unspecified atom stereocenters. The Morgan fingerprint density at radius 3 is 2.33 bits per heavy atom. The van der Waals surface area contributed by atoms with E-state index in [9.17, 15) is 4.79 Å². The van der Waals surface area contributed by atoms with Crippen molar-refractivity contribution in [3.05, 3.63) is 29.3 Å². The Morgan fingerprint density at radius 1 is 1.19 bits per heavy atom. The van der Waals surface area contributed by atoms with E-state index in [0.29, 0.717) is 0 Å². The molecule has 0 aromatic heterocycles. The van der Waals surface area contributed by atoms with Gasteiger partial charge in [-0.1, -0.05) is 18.2 Å². The molecule has 148 valence electrons. The Hall–Kier alpha value is -1.53. The minimum absolute atomic E-state index is 0.0437. The second kappa shape index (κ2) is 6.52. The second-order valence-electron chi connectivity index (χ2n) is 9.69. The van der Waals surface area contributed by atoms with Gasteiger partial charge in [-0.15, -0.1) is 0 Å². The van der Waals surface area contributed by atoms with Crippen molar-refractivity contribution in [2.45, 2.75) is 84.2 Å². The van der Waals surface area contributed by atoms with Crippen LogP contribution in [0.3, 0.4) is 0 Å². The zero-order valence-corrected chi connectivity index (χ0v) is 17.9. The largest absolute Gasteiger partial charge is 0.494 e. The summed E-state index contributed by atoms with van der Waals surface area (Å²) in [6.07, 6.45) is 1.55. The fourth-order valence-electron chi connectivity index (χ4n) is 3.60. The van der Waals surface area contributed by atoms with Crippen LogP contribution < -0.4 is 5.46 Å². The number of amides is 1. The number of benzene rings is 1. The molecule has 2 aliphatic rings. The van der Waals surface area contributed by atoms with Crippen LogP contribution in [-0.2, 0) is 20.5 Å². The summed E-state index contributed by atoms with van der Waals surface area (Å²) in [6.45, 7) is 13.9. The van der Waals surface area contributed by atoms with Gasteiger partial charge in [0.25, 0.3) is 0 Å². The predicted molar refractivity (Wildman–Crippen MR) is 107 cm³/mol. The fourth-order valence-corrected chi connectivity index (χ4v) is 3.60. The zero-order chi connectivity index (χ0) is 20.2. The molecule has 1 saturated heterocycles. The second-order valence-corrected chi connectivity index (χ2v) is 9.69. The number of aryl methyl sites for hydroxylation is 1. The first-order valence-electron chi connectivity index (χ1n) is 9.75. The molecule has 1 fully saturated rings. The first-order chi connectivity index (χ1) is 12.3. The van der Waals surface area contributed by atoms with E-state index in [-0.39, 0.29) is 30.5 Å². The molecular weight excluding hydrogens is 341 g/mol. The number of rotatable bonds is 2. The smallest absolute Gasteiger partial charge is 0.444 e. The highest BCUT2D eigenvalue weighted by molar-refractivity contribution is 6.62. The molecule has 27 heavy (non-hydrogen) atoms. The third kappa shape index (κ3) is 3.88. The monoisotopic (exact) mass is 373 g/mol. The number of nitrogens with zero attached hydrogens (tertiary/aromatic N) is 1. The third-order valence-electron chi connectivity index (χ3n) is 5.89. The van der Waals surface area contributed by atoms with Crippen LogP contribution in [0.4, 0.5) is 4.79 Å². The van der Waals surface area contributed by atoms with Crippen LogP contribution >= 0.6 is 0 Å². The minimum Gasteiger partial charge on any atom is -0.444 e. The van der Waals surface area contributed by atoms with Gasteiger partial charge in [-0.3, -0.25) is 0 Å². The van der Waals surface area contributed by atoms with Crippen molar-refractivity contribution in [2.24, 2.45) is 0 Å². The average Bonchev–Trinajstić information content (AvgIpc) is 3.02. The SMILES string of the molecule is CN(C(=O)OC(C)(C)C)C1CCc2cc(B3OC(C)(C)C(C)(C)O3)ccc21. The lowest BCUT2D eigenvalue weighted by molar-refractivity contribution is 0.00578. The lowest BCUT2D eigenvalue weighted by Crippen LogP contribution is -2.41. The van der Waals surface area contributed by atoms with E-state index in [2.05, 4.69) is 45.9 Å². The maximum Gasteiger partial charge on any atom is 0.494 e. The molecule has 1 heterocycles. The van der Waals surface area contributed by atoms with Gasteiger partial charge in [-0.2, -0.15) is 0 Å². The fraction of sp³-hybridized carbons (Fsp3) is 0.667. The van der Waals surface area contributed by atoms with Gasteiger partial charge in [0.2, 0.25) is 0 Å². The lowest BCUT2D eigenvalue weighted by Gasteiger charge is -2.32. The van der Waals surface area contributed by atoms with E-state index in [0.717, 1.165) is 18.3 Å². The molecule has 1 aliphatic carbocycles. The van der Waals surface area contributed by atoms with E-state index < -0.39 is 5.60 Å². The number of ether oxygens (including phenoxy) is 1. The molecule has 1 aliphatic heterocycles. The Balaban J connectivity index is 1.77. The molecule has 1 aromatic carbocycles. The van der Waals surface area contributed by atoms with Gasteiger partial charge in [-0.25, -0.2) is 4.79 Å².